The lowest BCUT2D eigenvalue weighted by Gasteiger charge is -2.14. The summed E-state index contributed by atoms with van der Waals surface area (Å²) in [6.07, 6.45) is 4.18. The molecule has 4 heteroatoms. The Hall–Kier alpha value is -1.24. The molecule has 1 saturated heterocycles. The SMILES string of the molecule is Fc1ccc(OCCCN2CCCC2)c(C#CCCCl)c1. The van der Waals surface area contributed by atoms with Crippen LogP contribution in [0.3, 0.4) is 0 Å². The molecule has 2 rings (SSSR count). The van der Waals surface area contributed by atoms with Crippen LogP contribution in [0.15, 0.2) is 18.2 Å². The molecule has 0 saturated carbocycles. The maximum absolute atomic E-state index is 13.3. The number of rotatable bonds is 6. The normalized spacial score (nSPS) is 14.8. The Bertz CT molecular complexity index is 503. The van der Waals surface area contributed by atoms with Crippen LogP contribution in [0.1, 0.15) is 31.2 Å². The van der Waals surface area contributed by atoms with Crippen LogP contribution < -0.4 is 4.74 Å². The molecule has 0 unspecified atom stereocenters. The zero-order valence-corrected chi connectivity index (χ0v) is 13.0. The molecule has 1 aliphatic rings. The average molecular weight is 310 g/mol. The molecule has 2 nitrogen and oxygen atoms in total. The minimum atomic E-state index is -0.297. The monoisotopic (exact) mass is 309 g/mol. The van der Waals surface area contributed by atoms with Crippen LogP contribution in [0.4, 0.5) is 4.39 Å². The van der Waals surface area contributed by atoms with Crippen molar-refractivity contribution in [3.8, 4) is 17.6 Å². The maximum Gasteiger partial charge on any atom is 0.135 e. The predicted molar refractivity (Wildman–Crippen MR) is 84.4 cm³/mol. The molecule has 1 heterocycles. The quantitative estimate of drug-likeness (QED) is 0.451. The van der Waals surface area contributed by atoms with Crippen molar-refractivity contribution in [2.45, 2.75) is 25.7 Å². The maximum atomic E-state index is 13.3. The van der Waals surface area contributed by atoms with Crippen LogP contribution >= 0.6 is 11.6 Å². The topological polar surface area (TPSA) is 12.5 Å². The summed E-state index contributed by atoms with van der Waals surface area (Å²) in [5.74, 6) is 6.68. The molecule has 1 aliphatic heterocycles. The Morgan fingerprint density at radius 1 is 1.29 bits per heavy atom. The number of hydrogen-bond donors (Lipinski definition) is 0. The second kappa shape index (κ2) is 8.92. The standard InChI is InChI=1S/C17H21ClFNO/c18-9-2-1-6-15-14-16(19)7-8-17(15)21-13-5-12-20-10-3-4-11-20/h7-8,14H,2-5,9-13H2. The van der Waals surface area contributed by atoms with Crippen molar-refractivity contribution < 1.29 is 9.13 Å². The van der Waals surface area contributed by atoms with E-state index in [1.807, 2.05) is 0 Å². The lowest BCUT2D eigenvalue weighted by molar-refractivity contribution is 0.262. The van der Waals surface area contributed by atoms with Crippen molar-refractivity contribution in [2.75, 3.05) is 32.1 Å². The highest BCUT2D eigenvalue weighted by atomic mass is 35.5. The molecule has 0 bridgehead atoms. The Morgan fingerprint density at radius 3 is 2.86 bits per heavy atom. The van der Waals surface area contributed by atoms with E-state index in [0.29, 0.717) is 30.2 Å². The first-order chi connectivity index (χ1) is 10.3. The van der Waals surface area contributed by atoms with Gasteiger partial charge in [0.2, 0.25) is 0 Å². The Labute approximate surface area is 131 Å². The second-order valence-electron chi connectivity index (χ2n) is 5.13. The van der Waals surface area contributed by atoms with Crippen molar-refractivity contribution >= 4 is 11.6 Å². The molecule has 0 amide bonds. The Morgan fingerprint density at radius 2 is 2.10 bits per heavy atom. The van der Waals surface area contributed by atoms with E-state index in [9.17, 15) is 4.39 Å². The van der Waals surface area contributed by atoms with Crippen molar-refractivity contribution in [2.24, 2.45) is 0 Å². The largest absolute Gasteiger partial charge is 0.492 e. The van der Waals surface area contributed by atoms with Crippen molar-refractivity contribution in [3.05, 3.63) is 29.6 Å². The molecule has 0 atom stereocenters. The van der Waals surface area contributed by atoms with E-state index in [4.69, 9.17) is 16.3 Å². The van der Waals surface area contributed by atoms with Crippen LogP contribution in [0, 0.1) is 17.7 Å². The van der Waals surface area contributed by atoms with E-state index in [-0.39, 0.29) is 5.82 Å². The molecular formula is C17H21ClFNO. The molecular weight excluding hydrogens is 289 g/mol. The van der Waals surface area contributed by atoms with Gasteiger partial charge in [0.1, 0.15) is 11.6 Å². The number of nitrogens with zero attached hydrogens (tertiary/aromatic N) is 1. The van der Waals surface area contributed by atoms with Gasteiger partial charge in [0.05, 0.1) is 12.2 Å². The Balaban J connectivity index is 1.85. The van der Waals surface area contributed by atoms with Gasteiger partial charge in [-0.25, -0.2) is 4.39 Å². The van der Waals surface area contributed by atoms with Gasteiger partial charge in [0, 0.05) is 18.8 Å². The van der Waals surface area contributed by atoms with Gasteiger partial charge < -0.3 is 9.64 Å². The van der Waals surface area contributed by atoms with E-state index in [1.165, 1.54) is 38.1 Å². The third-order valence-corrected chi connectivity index (χ3v) is 3.65. The molecule has 0 N–H and O–H groups in total. The first-order valence-corrected chi connectivity index (χ1v) is 8.02. The summed E-state index contributed by atoms with van der Waals surface area (Å²) < 4.78 is 19.0. The molecule has 0 aromatic heterocycles. The fourth-order valence-corrected chi connectivity index (χ4v) is 2.50. The summed E-state index contributed by atoms with van der Waals surface area (Å²) in [6.45, 7) is 4.10. The van der Waals surface area contributed by atoms with E-state index in [2.05, 4.69) is 16.7 Å². The fourth-order valence-electron chi connectivity index (χ4n) is 2.41. The third kappa shape index (κ3) is 5.57. The van der Waals surface area contributed by atoms with Crippen LogP contribution in [0.5, 0.6) is 5.75 Å². The van der Waals surface area contributed by atoms with Crippen molar-refractivity contribution in [3.63, 3.8) is 0 Å². The zero-order chi connectivity index (χ0) is 14.9. The first kappa shape index (κ1) is 16.1. The van der Waals surface area contributed by atoms with Gasteiger partial charge in [0.15, 0.2) is 0 Å². The Kier molecular flexibility index (Phi) is 6.85. The van der Waals surface area contributed by atoms with Gasteiger partial charge in [0.25, 0.3) is 0 Å². The zero-order valence-electron chi connectivity index (χ0n) is 12.2. The molecule has 21 heavy (non-hydrogen) atoms. The summed E-state index contributed by atoms with van der Waals surface area (Å²) in [4.78, 5) is 2.45. The van der Waals surface area contributed by atoms with E-state index in [0.717, 1.165) is 13.0 Å². The summed E-state index contributed by atoms with van der Waals surface area (Å²) >= 11 is 5.59. The summed E-state index contributed by atoms with van der Waals surface area (Å²) in [5.41, 5.74) is 0.598. The number of halogens is 2. The second-order valence-corrected chi connectivity index (χ2v) is 5.51. The number of ether oxygens (including phenoxy) is 1. The minimum absolute atomic E-state index is 0.297. The van der Waals surface area contributed by atoms with Gasteiger partial charge >= 0.3 is 0 Å². The molecule has 0 spiro atoms. The molecule has 0 aliphatic carbocycles. The fraction of sp³-hybridized carbons (Fsp3) is 0.529. The predicted octanol–water partition coefficient (Wildman–Crippen LogP) is 3.67. The summed E-state index contributed by atoms with van der Waals surface area (Å²) in [7, 11) is 0. The molecule has 1 aromatic carbocycles. The lowest BCUT2D eigenvalue weighted by Crippen LogP contribution is -2.22. The highest BCUT2D eigenvalue weighted by molar-refractivity contribution is 6.18. The van der Waals surface area contributed by atoms with E-state index >= 15 is 0 Å². The number of likely N-dealkylation sites (tertiary alicyclic amines) is 1. The van der Waals surface area contributed by atoms with Crippen LogP contribution in [-0.2, 0) is 0 Å². The van der Waals surface area contributed by atoms with Gasteiger partial charge in [-0.1, -0.05) is 11.8 Å². The van der Waals surface area contributed by atoms with Crippen LogP contribution in [-0.4, -0.2) is 37.0 Å². The van der Waals surface area contributed by atoms with Gasteiger partial charge in [-0.15, -0.1) is 11.6 Å². The highest BCUT2D eigenvalue weighted by Crippen LogP contribution is 2.19. The number of alkyl halides is 1. The van der Waals surface area contributed by atoms with E-state index in [1.54, 1.807) is 6.07 Å². The van der Waals surface area contributed by atoms with Crippen LogP contribution in [0.25, 0.3) is 0 Å². The van der Waals surface area contributed by atoms with Gasteiger partial charge in [-0.3, -0.25) is 0 Å². The van der Waals surface area contributed by atoms with Crippen LogP contribution in [0.2, 0.25) is 0 Å². The number of benzene rings is 1. The highest BCUT2D eigenvalue weighted by Gasteiger charge is 2.10. The smallest absolute Gasteiger partial charge is 0.135 e. The lowest BCUT2D eigenvalue weighted by atomic mass is 10.2. The third-order valence-electron chi connectivity index (χ3n) is 3.46. The molecule has 1 aromatic rings. The molecule has 114 valence electrons. The van der Waals surface area contributed by atoms with Crippen molar-refractivity contribution in [1.29, 1.82) is 0 Å². The first-order valence-electron chi connectivity index (χ1n) is 7.49. The minimum Gasteiger partial charge on any atom is -0.492 e. The molecule has 1 fully saturated rings. The molecule has 0 radical (unpaired) electrons. The number of hydrogen-bond acceptors (Lipinski definition) is 2. The van der Waals surface area contributed by atoms with Gasteiger partial charge in [-0.2, -0.15) is 0 Å². The van der Waals surface area contributed by atoms with Gasteiger partial charge in [-0.05, 0) is 50.6 Å². The summed E-state index contributed by atoms with van der Waals surface area (Å²) in [5, 5.41) is 0. The van der Waals surface area contributed by atoms with Crippen molar-refractivity contribution in [1.82, 2.24) is 4.90 Å². The summed E-state index contributed by atoms with van der Waals surface area (Å²) in [6, 6.07) is 4.47. The van der Waals surface area contributed by atoms with E-state index < -0.39 is 0 Å². The average Bonchev–Trinajstić information content (AvgIpc) is 2.99.